The molecular formula is C64H111N3O4. The summed E-state index contributed by atoms with van der Waals surface area (Å²) in [5, 5.41) is 26.4. The normalized spacial score (nSPS) is 30.2. The number of nitrogens with one attached hydrogen (secondary N) is 1. The summed E-state index contributed by atoms with van der Waals surface area (Å²) in [6.45, 7) is 15.2. The maximum atomic E-state index is 15.4. The fraction of sp³-hybridized carbons (Fsp3) is 0.875. The summed E-state index contributed by atoms with van der Waals surface area (Å²) in [4.78, 5) is 34.9. The van der Waals surface area contributed by atoms with Crippen LogP contribution in [0.15, 0.2) is 30.3 Å². The first kappa shape index (κ1) is 58.3. The van der Waals surface area contributed by atoms with Crippen molar-refractivity contribution in [2.75, 3.05) is 26.7 Å². The van der Waals surface area contributed by atoms with Crippen LogP contribution >= 0.6 is 0 Å². The molecule has 0 bridgehead atoms. The topological polar surface area (TPSA) is 93.1 Å². The number of aliphatic hydroxyl groups is 2. The van der Waals surface area contributed by atoms with E-state index in [1.54, 1.807) is 0 Å². The number of piperidine rings is 1. The zero-order chi connectivity index (χ0) is 50.6. The lowest BCUT2D eigenvalue weighted by atomic mass is 9.43. The van der Waals surface area contributed by atoms with Gasteiger partial charge in [0.2, 0.25) is 11.8 Å². The van der Waals surface area contributed by atoms with E-state index in [4.69, 9.17) is 0 Å². The predicted molar refractivity (Wildman–Crippen MR) is 297 cm³/mol. The van der Waals surface area contributed by atoms with Gasteiger partial charge in [0.05, 0.1) is 12.2 Å². The fourth-order valence-corrected chi connectivity index (χ4v) is 16.2. The molecule has 1 aliphatic heterocycles. The van der Waals surface area contributed by atoms with E-state index in [1.807, 2.05) is 18.2 Å². The molecule has 7 heteroatoms. The van der Waals surface area contributed by atoms with Crippen LogP contribution in [-0.2, 0) is 16.1 Å². The molecule has 12 unspecified atom stereocenters. The summed E-state index contributed by atoms with van der Waals surface area (Å²) in [6, 6.07) is 9.83. The lowest BCUT2D eigenvalue weighted by Crippen LogP contribution is -2.58. The SMILES string of the molecule is CCCCCCCCCCCCC(CCCCCCCCCC)CN(C(=O)CCC(C)C1CCC2C3CCC4CC(O)CCC4(C)C3CC(O)C12C)C(CC1CCN(C)CC1)C(=O)NCc1ccccc1. The highest BCUT2D eigenvalue weighted by Gasteiger charge is 2.63. The lowest BCUT2D eigenvalue weighted by Gasteiger charge is -2.62. The maximum Gasteiger partial charge on any atom is 0.243 e. The van der Waals surface area contributed by atoms with Gasteiger partial charge in [-0.3, -0.25) is 9.59 Å². The van der Waals surface area contributed by atoms with Crippen LogP contribution in [0.25, 0.3) is 0 Å². The average Bonchev–Trinajstić information content (AvgIpc) is 3.74. The van der Waals surface area contributed by atoms with E-state index in [0.29, 0.717) is 66.9 Å². The number of nitrogens with zero attached hydrogens (tertiary/aromatic N) is 2. The van der Waals surface area contributed by atoms with Gasteiger partial charge in [0, 0.05) is 19.5 Å². The van der Waals surface area contributed by atoms with Crippen molar-refractivity contribution in [3.63, 3.8) is 0 Å². The van der Waals surface area contributed by atoms with Gasteiger partial charge in [-0.2, -0.15) is 0 Å². The highest BCUT2D eigenvalue weighted by Crippen LogP contribution is 2.68. The molecule has 0 aromatic heterocycles. The zero-order valence-electron chi connectivity index (χ0n) is 47.0. The van der Waals surface area contributed by atoms with Crippen molar-refractivity contribution >= 4 is 11.8 Å². The number of amides is 2. The number of hydrogen-bond acceptors (Lipinski definition) is 5. The van der Waals surface area contributed by atoms with Gasteiger partial charge >= 0.3 is 0 Å². The first-order valence-electron chi connectivity index (χ1n) is 31.0. The highest BCUT2D eigenvalue weighted by molar-refractivity contribution is 5.87. The Hall–Kier alpha value is -1.96. The second kappa shape index (κ2) is 30.0. The van der Waals surface area contributed by atoms with Gasteiger partial charge in [0.15, 0.2) is 0 Å². The van der Waals surface area contributed by atoms with Gasteiger partial charge in [0.25, 0.3) is 0 Å². The van der Waals surface area contributed by atoms with E-state index in [0.717, 1.165) is 89.3 Å². The first-order valence-corrected chi connectivity index (χ1v) is 31.0. The van der Waals surface area contributed by atoms with Gasteiger partial charge < -0.3 is 25.3 Å². The molecule has 4 saturated carbocycles. The molecule has 3 N–H and O–H groups in total. The van der Waals surface area contributed by atoms with Crippen LogP contribution in [0, 0.1) is 58.2 Å². The van der Waals surface area contributed by atoms with Crippen molar-refractivity contribution in [2.24, 2.45) is 58.2 Å². The number of rotatable bonds is 32. The third kappa shape index (κ3) is 16.5. The summed E-state index contributed by atoms with van der Waals surface area (Å²) < 4.78 is 0. The number of carbonyl (C=O) groups is 2. The molecule has 6 rings (SSSR count). The Morgan fingerprint density at radius 3 is 1.92 bits per heavy atom. The first-order chi connectivity index (χ1) is 34.4. The molecule has 4 aliphatic carbocycles. The number of hydrogen-bond donors (Lipinski definition) is 3. The largest absolute Gasteiger partial charge is 0.393 e. The molecule has 1 saturated heterocycles. The van der Waals surface area contributed by atoms with Crippen molar-refractivity contribution in [1.82, 2.24) is 15.1 Å². The molecule has 5 aliphatic rings. The van der Waals surface area contributed by atoms with Crippen molar-refractivity contribution in [2.45, 2.75) is 271 Å². The fourth-order valence-electron chi connectivity index (χ4n) is 16.2. The Morgan fingerprint density at radius 1 is 0.718 bits per heavy atom. The van der Waals surface area contributed by atoms with Crippen molar-refractivity contribution in [3.05, 3.63) is 35.9 Å². The van der Waals surface area contributed by atoms with Crippen LogP contribution in [0.3, 0.4) is 0 Å². The van der Waals surface area contributed by atoms with Crippen LogP contribution in [0.1, 0.15) is 252 Å². The Bertz CT molecular complexity index is 1650. The van der Waals surface area contributed by atoms with Gasteiger partial charge in [-0.1, -0.05) is 181 Å². The summed E-state index contributed by atoms with van der Waals surface area (Å²) >= 11 is 0. The van der Waals surface area contributed by atoms with Crippen molar-refractivity contribution < 1.29 is 19.8 Å². The summed E-state index contributed by atoms with van der Waals surface area (Å²) in [5.74, 6) is 4.03. The summed E-state index contributed by atoms with van der Waals surface area (Å²) in [5.41, 5.74) is 1.19. The number of benzene rings is 1. The smallest absolute Gasteiger partial charge is 0.243 e. The number of carbonyl (C=O) groups excluding carboxylic acids is 2. The van der Waals surface area contributed by atoms with Gasteiger partial charge in [-0.05, 0) is 174 Å². The molecule has 1 heterocycles. The molecule has 1 aromatic rings. The molecule has 0 radical (unpaired) electrons. The molecule has 0 spiro atoms. The molecule has 406 valence electrons. The van der Waals surface area contributed by atoms with Gasteiger partial charge in [0.1, 0.15) is 6.04 Å². The summed E-state index contributed by atoms with van der Waals surface area (Å²) in [7, 11) is 2.21. The van der Waals surface area contributed by atoms with Crippen LogP contribution in [0.4, 0.5) is 0 Å². The minimum absolute atomic E-state index is 0.0286. The molecule has 12 atom stereocenters. The van der Waals surface area contributed by atoms with E-state index in [9.17, 15) is 15.0 Å². The zero-order valence-corrected chi connectivity index (χ0v) is 47.0. The van der Waals surface area contributed by atoms with Crippen LogP contribution in [0.5, 0.6) is 0 Å². The Balaban J connectivity index is 1.18. The Labute approximate surface area is 437 Å². The summed E-state index contributed by atoms with van der Waals surface area (Å²) in [6.07, 6.45) is 38.3. The van der Waals surface area contributed by atoms with Gasteiger partial charge in [-0.25, -0.2) is 0 Å². The molecule has 5 fully saturated rings. The number of unbranched alkanes of at least 4 members (excludes halogenated alkanes) is 16. The van der Waals surface area contributed by atoms with Crippen LogP contribution < -0.4 is 5.32 Å². The van der Waals surface area contributed by atoms with E-state index in [2.05, 4.69) is 68.9 Å². The second-order valence-corrected chi connectivity index (χ2v) is 25.8. The third-order valence-corrected chi connectivity index (χ3v) is 20.9. The third-order valence-electron chi connectivity index (χ3n) is 20.9. The molecule has 71 heavy (non-hydrogen) atoms. The van der Waals surface area contributed by atoms with Crippen LogP contribution in [0.2, 0.25) is 0 Å². The monoisotopic (exact) mass is 986 g/mol. The molecule has 7 nitrogen and oxygen atoms in total. The van der Waals surface area contributed by atoms with Crippen molar-refractivity contribution in [1.29, 1.82) is 0 Å². The van der Waals surface area contributed by atoms with E-state index >= 15 is 4.79 Å². The van der Waals surface area contributed by atoms with Crippen LogP contribution in [-0.4, -0.2) is 76.8 Å². The Morgan fingerprint density at radius 2 is 1.31 bits per heavy atom. The minimum atomic E-state index is -0.466. The minimum Gasteiger partial charge on any atom is -0.393 e. The molecule has 2 amide bonds. The quantitative estimate of drug-likeness (QED) is 0.0626. The molecular weight excluding hydrogens is 875 g/mol. The van der Waals surface area contributed by atoms with E-state index < -0.39 is 6.04 Å². The number of aliphatic hydroxyl groups excluding tert-OH is 2. The maximum absolute atomic E-state index is 15.4. The van der Waals surface area contributed by atoms with Gasteiger partial charge in [-0.15, -0.1) is 0 Å². The van der Waals surface area contributed by atoms with E-state index in [1.165, 1.54) is 135 Å². The highest BCUT2D eigenvalue weighted by atomic mass is 16.3. The molecule has 1 aromatic carbocycles. The second-order valence-electron chi connectivity index (χ2n) is 25.8. The average molecular weight is 987 g/mol. The Kier molecular flexibility index (Phi) is 24.6. The number of fused-ring (bicyclic) bond motifs is 5. The number of likely N-dealkylation sites (tertiary alicyclic amines) is 1. The standard InChI is InChI=1S/C64H111N3O4/c1-7-9-11-13-15-17-18-20-22-25-31-52(30-24-21-19-16-14-12-10-8-2)48-67(59(44-50-39-42-66(6)43-40-50)62(71)65-47-51-28-26-23-27-29-51)61(70)37-32-49(3)56-35-36-57-55-34-33-53-45-54(68)38-41-63(53,4)58(55)46-60(69)64(56,57)5/h23,26-29,49-50,52-60,68-69H,7-22,24-25,30-48H2,1-6H3,(H,65,71). The van der Waals surface area contributed by atoms with E-state index in [-0.39, 0.29) is 34.9 Å². The predicted octanol–water partition coefficient (Wildman–Crippen LogP) is 15.1. The van der Waals surface area contributed by atoms with Crippen molar-refractivity contribution in [3.8, 4) is 0 Å². The lowest BCUT2D eigenvalue weighted by molar-refractivity contribution is -0.175.